The maximum Gasteiger partial charge on any atom is 0.171 e. The maximum atomic E-state index is 11.9. The number of carbonyl (C=O) groups excluding carboxylic acids is 1. The standard InChI is InChI=1S/C11H16O2/c1-4-6-11(2,3)10(12)9-5-7-13-8-9/h5,7-8H,4,6H2,1-3H3. The molecule has 2 heteroatoms. The number of rotatable bonds is 4. The Kier molecular flexibility index (Phi) is 2.91. The highest BCUT2D eigenvalue weighted by Gasteiger charge is 2.27. The van der Waals surface area contributed by atoms with E-state index in [0.717, 1.165) is 12.8 Å². The molecule has 2 nitrogen and oxygen atoms in total. The molecular weight excluding hydrogens is 164 g/mol. The van der Waals surface area contributed by atoms with Gasteiger partial charge >= 0.3 is 0 Å². The molecule has 0 aliphatic heterocycles. The van der Waals surface area contributed by atoms with Crippen molar-refractivity contribution >= 4 is 5.78 Å². The molecule has 1 rings (SSSR count). The first-order chi connectivity index (χ1) is 6.08. The van der Waals surface area contributed by atoms with Gasteiger partial charge in [-0.25, -0.2) is 0 Å². The molecular formula is C11H16O2. The van der Waals surface area contributed by atoms with Crippen LogP contribution in [0.1, 0.15) is 44.0 Å². The SMILES string of the molecule is CCCC(C)(C)C(=O)c1ccoc1. The monoisotopic (exact) mass is 180 g/mol. The van der Waals surface area contributed by atoms with E-state index in [2.05, 4.69) is 6.92 Å². The summed E-state index contributed by atoms with van der Waals surface area (Å²) in [7, 11) is 0. The van der Waals surface area contributed by atoms with Crippen molar-refractivity contribution < 1.29 is 9.21 Å². The Labute approximate surface area is 78.9 Å². The van der Waals surface area contributed by atoms with Gasteiger partial charge in [0.1, 0.15) is 6.26 Å². The number of carbonyl (C=O) groups is 1. The summed E-state index contributed by atoms with van der Waals surface area (Å²) >= 11 is 0. The van der Waals surface area contributed by atoms with Gasteiger partial charge in [0.2, 0.25) is 0 Å². The number of ketones is 1. The molecule has 0 saturated heterocycles. The fourth-order valence-corrected chi connectivity index (χ4v) is 1.52. The summed E-state index contributed by atoms with van der Waals surface area (Å²) in [5, 5.41) is 0. The molecule has 0 N–H and O–H groups in total. The topological polar surface area (TPSA) is 30.2 Å². The molecule has 1 aromatic rings. The highest BCUT2D eigenvalue weighted by Crippen LogP contribution is 2.27. The Balaban J connectivity index is 2.78. The van der Waals surface area contributed by atoms with Crippen LogP contribution >= 0.6 is 0 Å². The van der Waals surface area contributed by atoms with E-state index in [-0.39, 0.29) is 11.2 Å². The Morgan fingerprint density at radius 3 is 2.69 bits per heavy atom. The van der Waals surface area contributed by atoms with E-state index in [4.69, 9.17) is 4.42 Å². The van der Waals surface area contributed by atoms with Gasteiger partial charge in [-0.3, -0.25) is 4.79 Å². The minimum Gasteiger partial charge on any atom is -0.472 e. The summed E-state index contributed by atoms with van der Waals surface area (Å²) in [5.74, 6) is 0.170. The third-order valence-corrected chi connectivity index (χ3v) is 2.27. The van der Waals surface area contributed by atoms with Gasteiger partial charge in [-0.15, -0.1) is 0 Å². The third kappa shape index (κ3) is 2.20. The van der Waals surface area contributed by atoms with Crippen molar-refractivity contribution in [2.45, 2.75) is 33.6 Å². The van der Waals surface area contributed by atoms with Crippen LogP contribution in [0.25, 0.3) is 0 Å². The first-order valence-corrected chi connectivity index (χ1v) is 4.65. The van der Waals surface area contributed by atoms with E-state index in [1.54, 1.807) is 6.07 Å². The molecule has 0 amide bonds. The van der Waals surface area contributed by atoms with Crippen LogP contribution in [0.3, 0.4) is 0 Å². The Hall–Kier alpha value is -1.05. The normalized spacial score (nSPS) is 11.6. The van der Waals surface area contributed by atoms with Crippen LogP contribution in [0.2, 0.25) is 0 Å². The predicted molar refractivity (Wildman–Crippen MR) is 51.7 cm³/mol. The van der Waals surface area contributed by atoms with Crippen LogP contribution in [0.15, 0.2) is 23.0 Å². The Morgan fingerprint density at radius 1 is 1.54 bits per heavy atom. The van der Waals surface area contributed by atoms with Gasteiger partial charge in [-0.2, -0.15) is 0 Å². The van der Waals surface area contributed by atoms with Gasteiger partial charge in [-0.1, -0.05) is 27.2 Å². The summed E-state index contributed by atoms with van der Waals surface area (Å²) in [5.41, 5.74) is 0.414. The lowest BCUT2D eigenvalue weighted by molar-refractivity contribution is 0.0824. The van der Waals surface area contributed by atoms with Crippen LogP contribution in [-0.2, 0) is 0 Å². The summed E-state index contributed by atoms with van der Waals surface area (Å²) < 4.78 is 4.89. The van der Waals surface area contributed by atoms with Crippen LogP contribution in [0.5, 0.6) is 0 Å². The highest BCUT2D eigenvalue weighted by molar-refractivity contribution is 5.99. The average molecular weight is 180 g/mol. The largest absolute Gasteiger partial charge is 0.472 e. The van der Waals surface area contributed by atoms with Crippen molar-refractivity contribution in [2.75, 3.05) is 0 Å². The highest BCUT2D eigenvalue weighted by atomic mass is 16.3. The van der Waals surface area contributed by atoms with Crippen LogP contribution < -0.4 is 0 Å². The predicted octanol–water partition coefficient (Wildman–Crippen LogP) is 3.29. The Bertz CT molecular complexity index is 270. The van der Waals surface area contributed by atoms with Crippen molar-refractivity contribution in [2.24, 2.45) is 5.41 Å². The molecule has 0 aromatic carbocycles. The van der Waals surface area contributed by atoms with Gasteiger partial charge in [0.25, 0.3) is 0 Å². The molecule has 0 unspecified atom stereocenters. The van der Waals surface area contributed by atoms with E-state index >= 15 is 0 Å². The first kappa shape index (κ1) is 10.0. The van der Waals surface area contributed by atoms with E-state index in [1.165, 1.54) is 12.5 Å². The molecule has 0 atom stereocenters. The van der Waals surface area contributed by atoms with Gasteiger partial charge in [-0.05, 0) is 12.5 Å². The van der Waals surface area contributed by atoms with E-state index in [9.17, 15) is 4.79 Å². The second-order valence-electron chi connectivity index (χ2n) is 3.98. The molecule has 0 bridgehead atoms. The number of furan rings is 1. The van der Waals surface area contributed by atoms with Gasteiger partial charge in [0, 0.05) is 5.41 Å². The third-order valence-electron chi connectivity index (χ3n) is 2.27. The van der Waals surface area contributed by atoms with Crippen molar-refractivity contribution in [1.29, 1.82) is 0 Å². The average Bonchev–Trinajstić information content (AvgIpc) is 2.54. The number of hydrogen-bond acceptors (Lipinski definition) is 2. The van der Waals surface area contributed by atoms with Crippen LogP contribution in [-0.4, -0.2) is 5.78 Å². The molecule has 0 radical (unpaired) electrons. The quantitative estimate of drug-likeness (QED) is 0.665. The number of hydrogen-bond donors (Lipinski definition) is 0. The first-order valence-electron chi connectivity index (χ1n) is 4.65. The lowest BCUT2D eigenvalue weighted by atomic mass is 9.81. The minimum atomic E-state index is -0.265. The summed E-state index contributed by atoms with van der Waals surface area (Å²) in [6.45, 7) is 6.04. The smallest absolute Gasteiger partial charge is 0.171 e. The fraction of sp³-hybridized carbons (Fsp3) is 0.545. The molecule has 13 heavy (non-hydrogen) atoms. The van der Waals surface area contributed by atoms with Crippen molar-refractivity contribution in [3.05, 3.63) is 24.2 Å². The lowest BCUT2D eigenvalue weighted by Crippen LogP contribution is -2.23. The fourth-order valence-electron chi connectivity index (χ4n) is 1.52. The zero-order valence-electron chi connectivity index (χ0n) is 8.46. The van der Waals surface area contributed by atoms with Crippen LogP contribution in [0, 0.1) is 5.41 Å². The maximum absolute atomic E-state index is 11.9. The van der Waals surface area contributed by atoms with Crippen molar-refractivity contribution in [1.82, 2.24) is 0 Å². The molecule has 1 aromatic heterocycles. The summed E-state index contributed by atoms with van der Waals surface area (Å²) in [6.07, 6.45) is 4.99. The molecule has 0 saturated carbocycles. The molecule has 72 valence electrons. The zero-order valence-corrected chi connectivity index (χ0v) is 8.46. The summed E-state index contributed by atoms with van der Waals surface area (Å²) in [6, 6.07) is 1.72. The van der Waals surface area contributed by atoms with Gasteiger partial charge < -0.3 is 4.42 Å². The van der Waals surface area contributed by atoms with Crippen molar-refractivity contribution in [3.63, 3.8) is 0 Å². The van der Waals surface area contributed by atoms with Crippen molar-refractivity contribution in [3.8, 4) is 0 Å². The molecule has 0 aliphatic carbocycles. The molecule has 0 aliphatic rings. The molecule has 0 spiro atoms. The van der Waals surface area contributed by atoms with E-state index < -0.39 is 0 Å². The van der Waals surface area contributed by atoms with E-state index in [0.29, 0.717) is 5.56 Å². The second-order valence-corrected chi connectivity index (χ2v) is 3.98. The van der Waals surface area contributed by atoms with E-state index in [1.807, 2.05) is 13.8 Å². The van der Waals surface area contributed by atoms with Crippen LogP contribution in [0.4, 0.5) is 0 Å². The number of Topliss-reactive ketones (excluding diaryl/α,β-unsaturated/α-hetero) is 1. The zero-order chi connectivity index (χ0) is 9.90. The minimum absolute atomic E-state index is 0.170. The summed E-state index contributed by atoms with van der Waals surface area (Å²) in [4.78, 5) is 11.9. The lowest BCUT2D eigenvalue weighted by Gasteiger charge is -2.21. The Morgan fingerprint density at radius 2 is 2.23 bits per heavy atom. The molecule has 1 heterocycles. The van der Waals surface area contributed by atoms with Gasteiger partial charge in [0.15, 0.2) is 5.78 Å². The molecule has 0 fully saturated rings. The van der Waals surface area contributed by atoms with Gasteiger partial charge in [0.05, 0.1) is 11.8 Å². The second kappa shape index (κ2) is 3.77.